The Morgan fingerprint density at radius 1 is 1.27 bits per heavy atom. The van der Waals surface area contributed by atoms with Gasteiger partial charge in [0.1, 0.15) is 0 Å². The first-order valence-corrected chi connectivity index (χ1v) is 3.91. The van der Waals surface area contributed by atoms with Gasteiger partial charge in [0, 0.05) is 0 Å². The van der Waals surface area contributed by atoms with E-state index in [4.69, 9.17) is 15.3 Å². The van der Waals surface area contributed by atoms with Crippen LogP contribution in [0.15, 0.2) is 0 Å². The fourth-order valence-electron chi connectivity index (χ4n) is 0.866. The fourth-order valence-corrected chi connectivity index (χ4v) is 0.866. The third-order valence-corrected chi connectivity index (χ3v) is 1.73. The van der Waals surface area contributed by atoms with Crippen LogP contribution in [-0.4, -0.2) is 10.3 Å². The van der Waals surface area contributed by atoms with Crippen LogP contribution in [0.1, 0.15) is 40.0 Å². The Bertz CT molecular complexity index is 82.2. The van der Waals surface area contributed by atoms with Gasteiger partial charge in [0.25, 0.3) is 5.09 Å². The summed E-state index contributed by atoms with van der Waals surface area (Å²) in [5, 5.41) is 13.6. The quantitative estimate of drug-likeness (QED) is 0.513. The minimum Gasteiger partial charge on any atom is -0.328 e. The molecular weight excluding hydrogens is 146 g/mol. The third-order valence-electron chi connectivity index (χ3n) is 1.73. The highest BCUT2D eigenvalue weighted by Gasteiger charge is 1.95. The van der Waals surface area contributed by atoms with E-state index in [0.717, 1.165) is 5.92 Å². The van der Waals surface area contributed by atoms with Crippen molar-refractivity contribution in [2.24, 2.45) is 5.92 Å². The van der Waals surface area contributed by atoms with E-state index in [1.54, 1.807) is 0 Å². The van der Waals surface area contributed by atoms with Crippen molar-refractivity contribution in [2.75, 3.05) is 0 Å². The molecule has 68 valence electrons. The summed E-state index contributed by atoms with van der Waals surface area (Å²) in [6, 6.07) is 0. The van der Waals surface area contributed by atoms with Gasteiger partial charge in [0.2, 0.25) is 0 Å². The minimum atomic E-state index is -1.50. The molecule has 1 N–H and O–H groups in total. The first kappa shape index (κ1) is 12.8. The summed E-state index contributed by atoms with van der Waals surface area (Å²) < 4.78 is 0. The lowest BCUT2D eigenvalue weighted by molar-refractivity contribution is -0.742. The van der Waals surface area contributed by atoms with Crippen LogP contribution in [0.3, 0.4) is 0 Å². The number of rotatable bonds is 3. The predicted molar refractivity (Wildman–Crippen MR) is 43.1 cm³/mol. The zero-order chi connectivity index (χ0) is 9.28. The molecule has 0 aromatic heterocycles. The molecule has 0 aliphatic carbocycles. The molecule has 0 aliphatic heterocycles. The average Bonchev–Trinajstić information content (AvgIpc) is 1.90. The molecule has 0 unspecified atom stereocenters. The van der Waals surface area contributed by atoms with E-state index < -0.39 is 5.09 Å². The maximum atomic E-state index is 8.36. The third kappa shape index (κ3) is 17.6. The van der Waals surface area contributed by atoms with E-state index in [0.29, 0.717) is 0 Å². The Hall–Kier alpha value is -0.800. The lowest BCUT2D eigenvalue weighted by Crippen LogP contribution is -1.91. The van der Waals surface area contributed by atoms with Crippen molar-refractivity contribution >= 4 is 0 Å². The van der Waals surface area contributed by atoms with Crippen LogP contribution < -0.4 is 0 Å². The Morgan fingerprint density at radius 2 is 1.45 bits per heavy atom. The van der Waals surface area contributed by atoms with Crippen molar-refractivity contribution in [3.8, 4) is 0 Å². The molecule has 0 radical (unpaired) electrons. The van der Waals surface area contributed by atoms with E-state index in [-0.39, 0.29) is 0 Å². The fraction of sp³-hybridized carbons (Fsp3) is 1.00. The van der Waals surface area contributed by atoms with Crippen molar-refractivity contribution < 1.29 is 10.3 Å². The van der Waals surface area contributed by atoms with Crippen LogP contribution in [-0.2, 0) is 0 Å². The topological polar surface area (TPSA) is 63.4 Å². The molecule has 0 spiro atoms. The van der Waals surface area contributed by atoms with E-state index in [9.17, 15) is 0 Å². The van der Waals surface area contributed by atoms with Gasteiger partial charge in [-0.2, -0.15) is 0 Å². The van der Waals surface area contributed by atoms with Gasteiger partial charge in [-0.05, 0) is 5.92 Å². The van der Waals surface area contributed by atoms with Crippen molar-refractivity contribution in [1.82, 2.24) is 0 Å². The number of nitrogens with zero attached hydrogens (tertiary/aromatic N) is 1. The second kappa shape index (κ2) is 9.20. The minimum absolute atomic E-state index is 0.986. The highest BCUT2D eigenvalue weighted by atomic mass is 16.9. The van der Waals surface area contributed by atoms with E-state index in [1.807, 2.05) is 0 Å². The first-order chi connectivity index (χ1) is 5.08. The molecule has 0 rings (SSSR count). The van der Waals surface area contributed by atoms with Gasteiger partial charge < -0.3 is 5.21 Å². The maximum absolute atomic E-state index is 8.36. The summed E-state index contributed by atoms with van der Waals surface area (Å²) >= 11 is 0. The average molecular weight is 163 g/mol. The number of hydrogen-bond acceptors (Lipinski definition) is 2. The molecule has 0 saturated carbocycles. The zero-order valence-corrected chi connectivity index (χ0v) is 7.41. The second-order valence-corrected chi connectivity index (χ2v) is 2.33. The summed E-state index contributed by atoms with van der Waals surface area (Å²) in [5.41, 5.74) is 0. The van der Waals surface area contributed by atoms with Gasteiger partial charge in [0.05, 0.1) is 0 Å². The second-order valence-electron chi connectivity index (χ2n) is 2.33. The monoisotopic (exact) mass is 163 g/mol. The van der Waals surface area contributed by atoms with Crippen LogP contribution in [0, 0.1) is 16.0 Å². The highest BCUT2D eigenvalue weighted by Crippen LogP contribution is 2.09. The van der Waals surface area contributed by atoms with Crippen molar-refractivity contribution in [3.05, 3.63) is 10.1 Å². The van der Waals surface area contributed by atoms with E-state index >= 15 is 0 Å². The molecule has 0 fully saturated rings. The van der Waals surface area contributed by atoms with Crippen molar-refractivity contribution in [1.29, 1.82) is 0 Å². The lowest BCUT2D eigenvalue weighted by atomic mass is 10.0. The van der Waals surface area contributed by atoms with Crippen LogP contribution in [0.4, 0.5) is 0 Å². The Balaban J connectivity index is 0. The molecule has 0 aliphatic rings. The molecular formula is C7H17NO3. The van der Waals surface area contributed by atoms with Gasteiger partial charge in [0.15, 0.2) is 0 Å². The molecule has 0 aromatic carbocycles. The Labute approximate surface area is 67.3 Å². The van der Waals surface area contributed by atoms with Crippen LogP contribution >= 0.6 is 0 Å². The Morgan fingerprint density at radius 3 is 1.45 bits per heavy atom. The van der Waals surface area contributed by atoms with Gasteiger partial charge in [-0.1, -0.05) is 40.0 Å². The summed E-state index contributed by atoms with van der Waals surface area (Å²) in [6.45, 7) is 6.78. The predicted octanol–water partition coefficient (Wildman–Crippen LogP) is 2.48. The zero-order valence-electron chi connectivity index (χ0n) is 7.41. The van der Waals surface area contributed by atoms with Gasteiger partial charge in [-0.3, -0.25) is 0 Å². The van der Waals surface area contributed by atoms with Crippen LogP contribution in [0.25, 0.3) is 0 Å². The van der Waals surface area contributed by atoms with E-state index in [2.05, 4.69) is 20.8 Å². The summed E-state index contributed by atoms with van der Waals surface area (Å²) in [5.74, 6) is 0.986. The molecule has 4 heteroatoms. The molecule has 0 atom stereocenters. The van der Waals surface area contributed by atoms with Gasteiger partial charge in [-0.15, -0.1) is 10.1 Å². The van der Waals surface area contributed by atoms with Gasteiger partial charge in [-0.25, -0.2) is 0 Å². The smallest absolute Gasteiger partial charge is 0.291 e. The highest BCUT2D eigenvalue weighted by molar-refractivity contribution is 4.48. The normalized spacial score (nSPS) is 8.73. The van der Waals surface area contributed by atoms with Crippen LogP contribution in [0.5, 0.6) is 0 Å². The molecule has 0 saturated heterocycles. The van der Waals surface area contributed by atoms with E-state index in [1.165, 1.54) is 19.3 Å². The summed E-state index contributed by atoms with van der Waals surface area (Å²) in [7, 11) is 0. The lowest BCUT2D eigenvalue weighted by Gasteiger charge is -2.05. The standard InChI is InChI=1S/C7H16.HNO3/c1-4-7(5-2)6-3;2-1(3)4/h7H,4-6H2,1-3H3;(H,2,3,4). The first-order valence-electron chi connectivity index (χ1n) is 3.91. The summed E-state index contributed by atoms with van der Waals surface area (Å²) in [6.07, 6.45) is 4.06. The molecule has 0 amide bonds. The Kier molecular flexibility index (Phi) is 10.7. The van der Waals surface area contributed by atoms with Crippen molar-refractivity contribution in [3.63, 3.8) is 0 Å². The molecule has 11 heavy (non-hydrogen) atoms. The molecule has 4 nitrogen and oxygen atoms in total. The molecule has 0 aromatic rings. The van der Waals surface area contributed by atoms with Crippen molar-refractivity contribution in [2.45, 2.75) is 40.0 Å². The SMILES string of the molecule is CCC(CC)CC.O=[N+]([O-])O. The van der Waals surface area contributed by atoms with Gasteiger partial charge >= 0.3 is 0 Å². The maximum Gasteiger partial charge on any atom is 0.291 e. The molecule has 0 bridgehead atoms. The van der Waals surface area contributed by atoms with Crippen LogP contribution in [0.2, 0.25) is 0 Å². The molecule has 0 heterocycles. The number of hydrogen-bond donors (Lipinski definition) is 1. The largest absolute Gasteiger partial charge is 0.328 e. The summed E-state index contributed by atoms with van der Waals surface area (Å²) in [4.78, 5) is 8.36.